The number of nitrogens with two attached hydrogens (primary N) is 1. The lowest BCUT2D eigenvalue weighted by Crippen LogP contribution is -2.37. The van der Waals surface area contributed by atoms with Gasteiger partial charge >= 0.3 is 6.03 Å². The molecule has 0 saturated heterocycles. The maximum absolute atomic E-state index is 13.2. The molecule has 0 fully saturated rings. The minimum Gasteiger partial charge on any atom is -0.493 e. The van der Waals surface area contributed by atoms with Gasteiger partial charge in [0.2, 0.25) is 5.91 Å². The molecule has 0 unspecified atom stereocenters. The number of rotatable bonds is 11. The number of benzene rings is 3. The van der Waals surface area contributed by atoms with Gasteiger partial charge in [-0.15, -0.1) is 0 Å². The van der Waals surface area contributed by atoms with Gasteiger partial charge in [0, 0.05) is 29.6 Å². The van der Waals surface area contributed by atoms with Crippen LogP contribution in [0.4, 0.5) is 4.79 Å². The number of hydrogen-bond acceptors (Lipinski definition) is 4. The highest BCUT2D eigenvalue weighted by Crippen LogP contribution is 2.36. The second kappa shape index (κ2) is 12.2. The standard InChI is InChI=1S/C30H34N4O4/c1-4-38-27-14-13-20(15-28(27)37-3)23(24-18-32-25-12-8-7-11-22(24)25)17-33-29(35)16-26(34-30(31)36)21-10-6-5-9-19(21)2/h5-15,18,23,26,32H,4,16-17H2,1-3H3,(H,33,35)(H3,31,34,36)/t23-,26-/m1/s1. The summed E-state index contributed by atoms with van der Waals surface area (Å²) in [5.74, 6) is 0.931. The molecule has 5 N–H and O–H groups in total. The Morgan fingerprint density at radius 1 is 1.00 bits per heavy atom. The molecule has 1 heterocycles. The maximum Gasteiger partial charge on any atom is 0.312 e. The molecule has 8 nitrogen and oxygen atoms in total. The van der Waals surface area contributed by atoms with E-state index in [0.717, 1.165) is 33.2 Å². The Bertz CT molecular complexity index is 1410. The highest BCUT2D eigenvalue weighted by Gasteiger charge is 2.23. The number of H-pyrrole nitrogens is 1. The highest BCUT2D eigenvalue weighted by molar-refractivity contribution is 5.84. The van der Waals surface area contributed by atoms with Crippen LogP contribution in [0.3, 0.4) is 0 Å². The van der Waals surface area contributed by atoms with E-state index in [1.165, 1.54) is 0 Å². The Kier molecular flexibility index (Phi) is 8.53. The van der Waals surface area contributed by atoms with Gasteiger partial charge in [-0.25, -0.2) is 4.79 Å². The second-order valence-electron chi connectivity index (χ2n) is 9.11. The topological polar surface area (TPSA) is 118 Å². The number of fused-ring (bicyclic) bond motifs is 1. The quantitative estimate of drug-likeness (QED) is 0.227. The summed E-state index contributed by atoms with van der Waals surface area (Å²) in [7, 11) is 1.61. The van der Waals surface area contributed by atoms with Gasteiger partial charge in [0.1, 0.15) is 0 Å². The van der Waals surface area contributed by atoms with Crippen LogP contribution in [0.5, 0.6) is 11.5 Å². The van der Waals surface area contributed by atoms with Crippen LogP contribution in [-0.4, -0.2) is 37.2 Å². The van der Waals surface area contributed by atoms with E-state index < -0.39 is 12.1 Å². The van der Waals surface area contributed by atoms with Crippen LogP contribution in [0.25, 0.3) is 10.9 Å². The van der Waals surface area contributed by atoms with E-state index in [1.54, 1.807) is 7.11 Å². The summed E-state index contributed by atoms with van der Waals surface area (Å²) >= 11 is 0. The van der Waals surface area contributed by atoms with E-state index in [0.29, 0.717) is 24.7 Å². The van der Waals surface area contributed by atoms with Crippen LogP contribution in [0.2, 0.25) is 0 Å². The van der Waals surface area contributed by atoms with Gasteiger partial charge in [-0.1, -0.05) is 48.5 Å². The molecule has 3 aromatic carbocycles. The zero-order valence-corrected chi connectivity index (χ0v) is 21.9. The SMILES string of the molecule is CCOc1ccc([C@@H](CNC(=O)C[C@@H](NC(N)=O)c2ccccc2C)c2c[nH]c3ccccc23)cc1OC. The number of aromatic amines is 1. The van der Waals surface area contributed by atoms with Crippen molar-refractivity contribution in [3.8, 4) is 11.5 Å². The van der Waals surface area contributed by atoms with Gasteiger partial charge in [-0.05, 0) is 54.3 Å². The van der Waals surface area contributed by atoms with Crippen molar-refractivity contribution < 1.29 is 19.1 Å². The number of carbonyl (C=O) groups is 2. The minimum atomic E-state index is -0.677. The number of amides is 3. The number of urea groups is 1. The molecular formula is C30H34N4O4. The smallest absolute Gasteiger partial charge is 0.312 e. The van der Waals surface area contributed by atoms with E-state index >= 15 is 0 Å². The van der Waals surface area contributed by atoms with E-state index in [2.05, 4.69) is 21.7 Å². The second-order valence-corrected chi connectivity index (χ2v) is 9.11. The fraction of sp³-hybridized carbons (Fsp3) is 0.267. The molecule has 2 atom stereocenters. The zero-order chi connectivity index (χ0) is 27.1. The van der Waals surface area contributed by atoms with Gasteiger partial charge in [0.05, 0.1) is 26.2 Å². The van der Waals surface area contributed by atoms with Gasteiger partial charge in [0.15, 0.2) is 11.5 Å². The molecule has 0 radical (unpaired) electrons. The van der Waals surface area contributed by atoms with E-state index in [1.807, 2.05) is 80.7 Å². The lowest BCUT2D eigenvalue weighted by Gasteiger charge is -2.22. The molecule has 1 aromatic heterocycles. The Morgan fingerprint density at radius 2 is 1.76 bits per heavy atom. The first kappa shape index (κ1) is 26.6. The van der Waals surface area contributed by atoms with Crippen molar-refractivity contribution in [1.29, 1.82) is 0 Å². The molecule has 0 spiro atoms. The van der Waals surface area contributed by atoms with Crippen molar-refractivity contribution in [2.75, 3.05) is 20.3 Å². The zero-order valence-electron chi connectivity index (χ0n) is 21.9. The molecule has 4 aromatic rings. The summed E-state index contributed by atoms with van der Waals surface area (Å²) in [6.07, 6.45) is 2.04. The summed E-state index contributed by atoms with van der Waals surface area (Å²) in [5, 5.41) is 6.88. The predicted octanol–water partition coefficient (Wildman–Crippen LogP) is 4.93. The molecule has 0 aliphatic rings. The molecule has 8 heteroatoms. The Hall–Kier alpha value is -4.46. The molecule has 0 aliphatic carbocycles. The lowest BCUT2D eigenvalue weighted by atomic mass is 9.90. The van der Waals surface area contributed by atoms with E-state index in [-0.39, 0.29) is 18.2 Å². The molecule has 0 bridgehead atoms. The maximum atomic E-state index is 13.2. The van der Waals surface area contributed by atoms with Crippen LogP contribution < -0.4 is 25.8 Å². The molecule has 4 rings (SSSR count). The summed E-state index contributed by atoms with van der Waals surface area (Å²) in [6.45, 7) is 4.73. The van der Waals surface area contributed by atoms with Crippen molar-refractivity contribution in [3.63, 3.8) is 0 Å². The van der Waals surface area contributed by atoms with Crippen LogP contribution in [0.1, 0.15) is 47.6 Å². The van der Waals surface area contributed by atoms with Crippen LogP contribution in [0, 0.1) is 6.92 Å². The fourth-order valence-electron chi connectivity index (χ4n) is 4.83. The number of methoxy groups -OCH3 is 1. The van der Waals surface area contributed by atoms with Crippen molar-refractivity contribution in [2.45, 2.75) is 32.2 Å². The fourth-order valence-corrected chi connectivity index (χ4v) is 4.83. The largest absolute Gasteiger partial charge is 0.493 e. The highest BCUT2D eigenvalue weighted by atomic mass is 16.5. The first-order valence-corrected chi connectivity index (χ1v) is 12.7. The molecule has 0 aliphatic heterocycles. The predicted molar refractivity (Wildman–Crippen MR) is 149 cm³/mol. The molecule has 38 heavy (non-hydrogen) atoms. The molecular weight excluding hydrogens is 480 g/mol. The number of aryl methyl sites for hydroxylation is 1. The Balaban J connectivity index is 1.61. The summed E-state index contributed by atoms with van der Waals surface area (Å²) in [5.41, 5.74) is 10.3. The molecule has 3 amide bonds. The molecule has 0 saturated carbocycles. The van der Waals surface area contributed by atoms with Crippen molar-refractivity contribution >= 4 is 22.8 Å². The van der Waals surface area contributed by atoms with Crippen molar-refractivity contribution in [3.05, 3.63) is 95.2 Å². The third-order valence-electron chi connectivity index (χ3n) is 6.66. The van der Waals surface area contributed by atoms with E-state index in [4.69, 9.17) is 15.2 Å². The number of primary amides is 1. The number of hydrogen-bond donors (Lipinski definition) is 4. The van der Waals surface area contributed by atoms with Crippen molar-refractivity contribution in [1.82, 2.24) is 15.6 Å². The number of ether oxygens (including phenoxy) is 2. The summed E-state index contributed by atoms with van der Waals surface area (Å²) in [4.78, 5) is 28.2. The van der Waals surface area contributed by atoms with E-state index in [9.17, 15) is 9.59 Å². The number of para-hydroxylation sites is 1. The third kappa shape index (κ3) is 6.08. The lowest BCUT2D eigenvalue weighted by molar-refractivity contribution is -0.121. The summed E-state index contributed by atoms with van der Waals surface area (Å²) in [6, 6.07) is 20.3. The Morgan fingerprint density at radius 3 is 2.50 bits per heavy atom. The van der Waals surface area contributed by atoms with Crippen LogP contribution in [-0.2, 0) is 4.79 Å². The number of carbonyl (C=O) groups excluding carboxylic acids is 2. The normalized spacial score (nSPS) is 12.5. The summed E-state index contributed by atoms with van der Waals surface area (Å²) < 4.78 is 11.3. The van der Waals surface area contributed by atoms with Gasteiger partial charge in [-0.2, -0.15) is 0 Å². The Labute approximate surface area is 222 Å². The van der Waals surface area contributed by atoms with Crippen LogP contribution in [0.15, 0.2) is 72.9 Å². The van der Waals surface area contributed by atoms with Gasteiger partial charge in [-0.3, -0.25) is 4.79 Å². The average molecular weight is 515 g/mol. The van der Waals surface area contributed by atoms with Gasteiger partial charge in [0.25, 0.3) is 0 Å². The van der Waals surface area contributed by atoms with Crippen LogP contribution >= 0.6 is 0 Å². The van der Waals surface area contributed by atoms with Crippen molar-refractivity contribution in [2.24, 2.45) is 5.73 Å². The number of aromatic nitrogens is 1. The molecule has 198 valence electrons. The number of nitrogens with one attached hydrogen (secondary N) is 3. The average Bonchev–Trinajstić information content (AvgIpc) is 3.33. The van der Waals surface area contributed by atoms with Gasteiger partial charge < -0.3 is 30.8 Å². The first-order valence-electron chi connectivity index (χ1n) is 12.7. The third-order valence-corrected chi connectivity index (χ3v) is 6.66. The monoisotopic (exact) mass is 514 g/mol. The minimum absolute atomic E-state index is 0.0565. The first-order chi connectivity index (χ1) is 18.4.